The number of anilines is 1. The van der Waals surface area contributed by atoms with E-state index in [4.69, 9.17) is 0 Å². The summed E-state index contributed by atoms with van der Waals surface area (Å²) in [6, 6.07) is 13.4. The summed E-state index contributed by atoms with van der Waals surface area (Å²) in [6.45, 7) is 0.508. The number of nitrogens with one attached hydrogen (secondary N) is 1. The summed E-state index contributed by atoms with van der Waals surface area (Å²) in [5.41, 5.74) is 2.12. The van der Waals surface area contributed by atoms with Crippen molar-refractivity contribution >= 4 is 11.7 Å². The summed E-state index contributed by atoms with van der Waals surface area (Å²) in [5, 5.41) is 3.09. The first kappa shape index (κ1) is 13.1. The van der Waals surface area contributed by atoms with Gasteiger partial charge in [-0.3, -0.25) is 0 Å². The predicted octanol–water partition coefficient (Wildman–Crippen LogP) is 3.22. The van der Waals surface area contributed by atoms with Gasteiger partial charge in [-0.15, -0.1) is 0 Å². The Kier molecular flexibility index (Phi) is 4.13. The van der Waals surface area contributed by atoms with Crippen LogP contribution in [0.4, 0.5) is 10.1 Å². The Morgan fingerprint density at radius 3 is 2.74 bits per heavy atom. The molecular weight excluding hydrogens is 245 g/mol. The lowest BCUT2D eigenvalue weighted by Gasteiger charge is -2.07. The number of halogens is 1. The second-order valence-corrected chi connectivity index (χ2v) is 4.06. The topological polar surface area (TPSA) is 38.3 Å². The second kappa shape index (κ2) is 6.00. The van der Waals surface area contributed by atoms with Gasteiger partial charge in [0, 0.05) is 12.2 Å². The average molecular weight is 259 g/mol. The smallest absolute Gasteiger partial charge is 0.337 e. The van der Waals surface area contributed by atoms with Crippen LogP contribution in [0.3, 0.4) is 0 Å². The van der Waals surface area contributed by atoms with Gasteiger partial charge in [0.2, 0.25) is 0 Å². The Balaban J connectivity index is 2.05. The van der Waals surface area contributed by atoms with Crippen LogP contribution >= 0.6 is 0 Å². The van der Waals surface area contributed by atoms with Crippen LogP contribution in [-0.4, -0.2) is 13.1 Å². The van der Waals surface area contributed by atoms with Gasteiger partial charge in [0.05, 0.1) is 12.7 Å². The molecule has 0 heterocycles. The summed E-state index contributed by atoms with van der Waals surface area (Å²) >= 11 is 0. The molecule has 2 rings (SSSR count). The molecule has 0 saturated carbocycles. The van der Waals surface area contributed by atoms with Crippen LogP contribution in [0.25, 0.3) is 0 Å². The number of rotatable bonds is 4. The summed E-state index contributed by atoms with van der Waals surface area (Å²) in [5.74, 6) is -0.652. The fraction of sp³-hybridized carbons (Fsp3) is 0.133. The van der Waals surface area contributed by atoms with Gasteiger partial charge < -0.3 is 10.1 Å². The SMILES string of the molecule is COC(=O)c1cccc(CNc2cccc(F)c2)c1. The van der Waals surface area contributed by atoms with Crippen molar-refractivity contribution in [2.45, 2.75) is 6.54 Å². The molecule has 3 nitrogen and oxygen atoms in total. The van der Waals surface area contributed by atoms with E-state index in [1.54, 1.807) is 30.3 Å². The van der Waals surface area contributed by atoms with E-state index < -0.39 is 0 Å². The molecule has 0 saturated heterocycles. The lowest BCUT2D eigenvalue weighted by molar-refractivity contribution is 0.0600. The van der Waals surface area contributed by atoms with Gasteiger partial charge in [-0.1, -0.05) is 18.2 Å². The Morgan fingerprint density at radius 2 is 2.00 bits per heavy atom. The van der Waals surface area contributed by atoms with E-state index in [9.17, 15) is 9.18 Å². The van der Waals surface area contributed by atoms with E-state index in [1.807, 2.05) is 6.07 Å². The molecule has 0 spiro atoms. The number of hydrogen-bond donors (Lipinski definition) is 1. The van der Waals surface area contributed by atoms with Crippen molar-refractivity contribution in [2.24, 2.45) is 0 Å². The van der Waals surface area contributed by atoms with Crippen LogP contribution in [0.5, 0.6) is 0 Å². The number of hydrogen-bond acceptors (Lipinski definition) is 3. The summed E-state index contributed by atoms with van der Waals surface area (Å²) < 4.78 is 17.7. The van der Waals surface area contributed by atoms with Crippen LogP contribution in [-0.2, 0) is 11.3 Å². The molecule has 0 aromatic heterocycles. The van der Waals surface area contributed by atoms with Crippen LogP contribution in [0.1, 0.15) is 15.9 Å². The molecule has 0 atom stereocenters. The highest BCUT2D eigenvalue weighted by Gasteiger charge is 2.05. The fourth-order valence-electron chi connectivity index (χ4n) is 1.73. The number of benzene rings is 2. The minimum absolute atomic E-state index is 0.284. The standard InChI is InChI=1S/C15H14FNO2/c1-19-15(18)12-5-2-4-11(8-12)10-17-14-7-3-6-13(16)9-14/h2-9,17H,10H2,1H3. The summed E-state index contributed by atoms with van der Waals surface area (Å²) in [4.78, 5) is 11.4. The molecule has 4 heteroatoms. The van der Waals surface area contributed by atoms with Crippen LogP contribution in [0.15, 0.2) is 48.5 Å². The Hall–Kier alpha value is -2.36. The third kappa shape index (κ3) is 3.55. The van der Waals surface area contributed by atoms with E-state index >= 15 is 0 Å². The molecule has 0 amide bonds. The van der Waals surface area contributed by atoms with E-state index in [0.29, 0.717) is 17.8 Å². The van der Waals surface area contributed by atoms with Crippen molar-refractivity contribution in [3.8, 4) is 0 Å². The highest BCUT2D eigenvalue weighted by molar-refractivity contribution is 5.89. The van der Waals surface area contributed by atoms with E-state index in [0.717, 1.165) is 5.56 Å². The van der Waals surface area contributed by atoms with Crippen molar-refractivity contribution in [3.05, 3.63) is 65.5 Å². The molecular formula is C15H14FNO2. The number of carbonyl (C=O) groups excluding carboxylic acids is 1. The van der Waals surface area contributed by atoms with Crippen LogP contribution < -0.4 is 5.32 Å². The zero-order valence-electron chi connectivity index (χ0n) is 10.5. The average Bonchev–Trinajstić information content (AvgIpc) is 2.45. The third-order valence-electron chi connectivity index (χ3n) is 2.67. The lowest BCUT2D eigenvalue weighted by atomic mass is 10.1. The van der Waals surface area contributed by atoms with Gasteiger partial charge >= 0.3 is 5.97 Å². The first-order chi connectivity index (χ1) is 9.19. The maximum Gasteiger partial charge on any atom is 0.337 e. The quantitative estimate of drug-likeness (QED) is 0.857. The molecule has 0 aliphatic carbocycles. The minimum atomic E-state index is -0.368. The molecule has 1 N–H and O–H groups in total. The van der Waals surface area contributed by atoms with E-state index in [-0.39, 0.29) is 11.8 Å². The fourth-order valence-corrected chi connectivity index (χ4v) is 1.73. The molecule has 0 aliphatic heterocycles. The monoisotopic (exact) mass is 259 g/mol. The first-order valence-corrected chi connectivity index (χ1v) is 5.86. The molecule has 2 aromatic carbocycles. The molecule has 0 aliphatic rings. The largest absolute Gasteiger partial charge is 0.465 e. The zero-order chi connectivity index (χ0) is 13.7. The molecule has 2 aromatic rings. The highest BCUT2D eigenvalue weighted by Crippen LogP contribution is 2.12. The normalized spacial score (nSPS) is 10.0. The summed E-state index contributed by atoms with van der Waals surface area (Å²) in [6.07, 6.45) is 0. The maximum atomic E-state index is 13.0. The van der Waals surface area contributed by atoms with Crippen LogP contribution in [0.2, 0.25) is 0 Å². The van der Waals surface area contributed by atoms with E-state index in [1.165, 1.54) is 19.2 Å². The van der Waals surface area contributed by atoms with Crippen molar-refractivity contribution < 1.29 is 13.9 Å². The maximum absolute atomic E-state index is 13.0. The second-order valence-electron chi connectivity index (χ2n) is 4.06. The third-order valence-corrected chi connectivity index (χ3v) is 2.67. The van der Waals surface area contributed by atoms with Crippen molar-refractivity contribution in [2.75, 3.05) is 12.4 Å². The Morgan fingerprint density at radius 1 is 1.21 bits per heavy atom. The molecule has 0 radical (unpaired) electrons. The molecule has 0 bridgehead atoms. The predicted molar refractivity (Wildman–Crippen MR) is 71.5 cm³/mol. The lowest BCUT2D eigenvalue weighted by Crippen LogP contribution is -2.04. The molecule has 98 valence electrons. The van der Waals surface area contributed by atoms with Crippen LogP contribution in [0, 0.1) is 5.82 Å². The number of methoxy groups -OCH3 is 1. The number of esters is 1. The zero-order valence-corrected chi connectivity index (χ0v) is 10.5. The Bertz CT molecular complexity index is 584. The van der Waals surface area contributed by atoms with Crippen molar-refractivity contribution in [1.29, 1.82) is 0 Å². The van der Waals surface area contributed by atoms with Gasteiger partial charge in [0.25, 0.3) is 0 Å². The van der Waals surface area contributed by atoms with Gasteiger partial charge in [-0.25, -0.2) is 9.18 Å². The minimum Gasteiger partial charge on any atom is -0.465 e. The highest BCUT2D eigenvalue weighted by atomic mass is 19.1. The van der Waals surface area contributed by atoms with Gasteiger partial charge in [0.15, 0.2) is 0 Å². The van der Waals surface area contributed by atoms with Crippen molar-refractivity contribution in [1.82, 2.24) is 0 Å². The molecule has 0 unspecified atom stereocenters. The molecule has 0 fully saturated rings. The van der Waals surface area contributed by atoms with Crippen molar-refractivity contribution in [3.63, 3.8) is 0 Å². The number of ether oxygens (including phenoxy) is 1. The summed E-state index contributed by atoms with van der Waals surface area (Å²) in [7, 11) is 1.35. The van der Waals surface area contributed by atoms with Gasteiger partial charge in [-0.05, 0) is 35.9 Å². The van der Waals surface area contributed by atoms with Gasteiger partial charge in [0.1, 0.15) is 5.82 Å². The first-order valence-electron chi connectivity index (χ1n) is 5.86. The number of carbonyl (C=O) groups is 1. The Labute approximate surface area is 111 Å². The molecule has 19 heavy (non-hydrogen) atoms. The van der Waals surface area contributed by atoms with Gasteiger partial charge in [-0.2, -0.15) is 0 Å². The van der Waals surface area contributed by atoms with E-state index in [2.05, 4.69) is 10.1 Å².